The van der Waals surface area contributed by atoms with Crippen LogP contribution in [0.3, 0.4) is 0 Å². The highest BCUT2D eigenvalue weighted by molar-refractivity contribution is 5.90. The van der Waals surface area contributed by atoms with Gasteiger partial charge in [-0.15, -0.1) is 0 Å². The van der Waals surface area contributed by atoms with Crippen LogP contribution in [-0.2, 0) is 9.53 Å². The monoisotopic (exact) mass is 240 g/mol. The van der Waals surface area contributed by atoms with Crippen molar-refractivity contribution in [2.75, 3.05) is 7.11 Å². The fourth-order valence-electron chi connectivity index (χ4n) is 3.02. The molecule has 92 valence electrons. The molecule has 18 heavy (non-hydrogen) atoms. The first-order chi connectivity index (χ1) is 8.79. The number of esters is 1. The van der Waals surface area contributed by atoms with E-state index in [2.05, 4.69) is 30.4 Å². The SMILES string of the molecule is COC(=O)C1=CC(c2ccccc2)C2C=CC1C2. The number of carbonyl (C=O) groups is 1. The molecule has 3 atom stereocenters. The largest absolute Gasteiger partial charge is 0.466 e. The molecule has 0 spiro atoms. The number of allylic oxidation sites excluding steroid dienone is 3. The van der Waals surface area contributed by atoms with Crippen LogP contribution in [0.5, 0.6) is 0 Å². The summed E-state index contributed by atoms with van der Waals surface area (Å²) in [6.45, 7) is 0. The Hall–Kier alpha value is -1.83. The van der Waals surface area contributed by atoms with Gasteiger partial charge in [-0.3, -0.25) is 0 Å². The first-order valence-corrected chi connectivity index (χ1v) is 6.33. The van der Waals surface area contributed by atoms with Crippen LogP contribution in [0, 0.1) is 11.8 Å². The van der Waals surface area contributed by atoms with Crippen LogP contribution in [0.4, 0.5) is 0 Å². The number of hydrogen-bond acceptors (Lipinski definition) is 2. The third-order valence-electron chi connectivity index (χ3n) is 3.94. The van der Waals surface area contributed by atoms with Crippen LogP contribution < -0.4 is 0 Å². The predicted octanol–water partition coefficient (Wildman–Crippen LogP) is 3.08. The molecule has 2 bridgehead atoms. The fourth-order valence-corrected chi connectivity index (χ4v) is 3.02. The molecular formula is C16H16O2. The van der Waals surface area contributed by atoms with Crippen LogP contribution >= 0.6 is 0 Å². The van der Waals surface area contributed by atoms with E-state index in [1.165, 1.54) is 12.7 Å². The van der Waals surface area contributed by atoms with Crippen molar-refractivity contribution < 1.29 is 9.53 Å². The Morgan fingerprint density at radius 1 is 1.22 bits per heavy atom. The van der Waals surface area contributed by atoms with Crippen LogP contribution in [0.15, 0.2) is 54.1 Å². The van der Waals surface area contributed by atoms with Gasteiger partial charge in [0.05, 0.1) is 7.11 Å². The highest BCUT2D eigenvalue weighted by atomic mass is 16.5. The maximum Gasteiger partial charge on any atom is 0.334 e. The second-order valence-electron chi connectivity index (χ2n) is 4.94. The molecule has 0 saturated heterocycles. The molecule has 1 aromatic carbocycles. The molecular weight excluding hydrogens is 224 g/mol. The van der Waals surface area contributed by atoms with E-state index < -0.39 is 0 Å². The topological polar surface area (TPSA) is 26.3 Å². The predicted molar refractivity (Wildman–Crippen MR) is 70.0 cm³/mol. The molecule has 0 aliphatic heterocycles. The summed E-state index contributed by atoms with van der Waals surface area (Å²) in [6, 6.07) is 10.4. The zero-order valence-corrected chi connectivity index (χ0v) is 10.4. The molecule has 0 fully saturated rings. The minimum absolute atomic E-state index is 0.189. The fraction of sp³-hybridized carbons (Fsp3) is 0.312. The Labute approximate surface area is 107 Å². The molecule has 1 aromatic rings. The Morgan fingerprint density at radius 3 is 2.72 bits per heavy atom. The van der Waals surface area contributed by atoms with E-state index >= 15 is 0 Å². The van der Waals surface area contributed by atoms with Gasteiger partial charge in [0.25, 0.3) is 0 Å². The third kappa shape index (κ3) is 1.78. The van der Waals surface area contributed by atoms with Crippen molar-refractivity contribution in [3.8, 4) is 0 Å². The Balaban J connectivity index is 2.00. The summed E-state index contributed by atoms with van der Waals surface area (Å²) in [4.78, 5) is 11.8. The average molecular weight is 240 g/mol. The molecule has 2 heteroatoms. The van der Waals surface area contributed by atoms with E-state index in [0.717, 1.165) is 12.0 Å². The van der Waals surface area contributed by atoms with Crippen LogP contribution in [0.1, 0.15) is 17.9 Å². The molecule has 0 amide bonds. The quantitative estimate of drug-likeness (QED) is 0.586. The minimum atomic E-state index is -0.189. The van der Waals surface area contributed by atoms with E-state index in [1.807, 2.05) is 18.2 Å². The first kappa shape index (κ1) is 11.3. The van der Waals surface area contributed by atoms with Gasteiger partial charge in [0.2, 0.25) is 0 Å². The van der Waals surface area contributed by atoms with Gasteiger partial charge >= 0.3 is 5.97 Å². The van der Waals surface area contributed by atoms with Crippen molar-refractivity contribution in [2.24, 2.45) is 11.8 Å². The van der Waals surface area contributed by atoms with E-state index in [0.29, 0.717) is 11.8 Å². The van der Waals surface area contributed by atoms with Gasteiger partial charge in [-0.05, 0) is 17.9 Å². The van der Waals surface area contributed by atoms with Gasteiger partial charge in [-0.2, -0.15) is 0 Å². The third-order valence-corrected chi connectivity index (χ3v) is 3.94. The minimum Gasteiger partial charge on any atom is -0.466 e. The average Bonchev–Trinajstić information content (AvgIpc) is 2.83. The second kappa shape index (κ2) is 4.45. The van der Waals surface area contributed by atoms with Crippen molar-refractivity contribution in [2.45, 2.75) is 12.3 Å². The molecule has 3 unspecified atom stereocenters. The highest BCUT2D eigenvalue weighted by Crippen LogP contribution is 2.44. The number of hydrogen-bond donors (Lipinski definition) is 0. The van der Waals surface area contributed by atoms with E-state index in [9.17, 15) is 4.79 Å². The van der Waals surface area contributed by atoms with Crippen molar-refractivity contribution in [1.29, 1.82) is 0 Å². The van der Waals surface area contributed by atoms with Gasteiger partial charge in [-0.25, -0.2) is 4.79 Å². The van der Waals surface area contributed by atoms with E-state index in [-0.39, 0.29) is 11.9 Å². The summed E-state index contributed by atoms with van der Waals surface area (Å²) in [6.07, 6.45) is 7.52. The standard InChI is InChI=1S/C16H16O2/c1-18-16(17)15-10-14(11-5-3-2-4-6-11)12-7-8-13(15)9-12/h2-8,10,12-14H,9H2,1H3. The zero-order chi connectivity index (χ0) is 12.5. The maximum atomic E-state index is 11.8. The number of fused-ring (bicyclic) bond motifs is 2. The lowest BCUT2D eigenvalue weighted by Gasteiger charge is -2.27. The Kier molecular flexibility index (Phi) is 2.78. The Morgan fingerprint density at radius 2 is 2.00 bits per heavy atom. The maximum absolute atomic E-state index is 11.8. The number of carbonyl (C=O) groups excluding carboxylic acids is 1. The Bertz CT molecular complexity index is 513. The van der Waals surface area contributed by atoms with Gasteiger partial charge in [0, 0.05) is 17.4 Å². The van der Waals surface area contributed by atoms with Crippen LogP contribution in [0.2, 0.25) is 0 Å². The number of ether oxygens (including phenoxy) is 1. The molecule has 0 saturated carbocycles. The molecule has 2 aliphatic rings. The summed E-state index contributed by atoms with van der Waals surface area (Å²) >= 11 is 0. The lowest BCUT2D eigenvalue weighted by atomic mass is 9.77. The number of benzene rings is 1. The smallest absolute Gasteiger partial charge is 0.334 e. The van der Waals surface area contributed by atoms with E-state index in [4.69, 9.17) is 4.74 Å². The van der Waals surface area contributed by atoms with Crippen molar-refractivity contribution in [3.05, 3.63) is 59.7 Å². The summed E-state index contributed by atoms with van der Waals surface area (Å²) in [5, 5.41) is 0. The van der Waals surface area contributed by atoms with Gasteiger partial charge in [0.1, 0.15) is 0 Å². The van der Waals surface area contributed by atoms with Gasteiger partial charge in [-0.1, -0.05) is 48.6 Å². The van der Waals surface area contributed by atoms with Gasteiger partial charge < -0.3 is 4.74 Å². The summed E-state index contributed by atoms with van der Waals surface area (Å²) in [5.41, 5.74) is 2.09. The molecule has 3 rings (SSSR count). The van der Waals surface area contributed by atoms with E-state index in [1.54, 1.807) is 0 Å². The van der Waals surface area contributed by atoms with Crippen molar-refractivity contribution >= 4 is 5.97 Å². The normalized spacial score (nSPS) is 28.9. The molecule has 0 radical (unpaired) electrons. The van der Waals surface area contributed by atoms with Crippen molar-refractivity contribution in [3.63, 3.8) is 0 Å². The molecule has 2 aliphatic carbocycles. The summed E-state index contributed by atoms with van der Waals surface area (Å²) < 4.78 is 4.88. The lowest BCUT2D eigenvalue weighted by Crippen LogP contribution is -2.21. The van der Waals surface area contributed by atoms with Crippen molar-refractivity contribution in [1.82, 2.24) is 0 Å². The number of rotatable bonds is 2. The summed E-state index contributed by atoms with van der Waals surface area (Å²) in [5.74, 6) is 0.884. The molecule has 0 N–H and O–H groups in total. The summed E-state index contributed by atoms with van der Waals surface area (Å²) in [7, 11) is 1.45. The highest BCUT2D eigenvalue weighted by Gasteiger charge is 2.36. The first-order valence-electron chi connectivity index (χ1n) is 6.33. The molecule has 0 aromatic heterocycles. The molecule has 0 heterocycles. The number of methoxy groups -OCH3 is 1. The second-order valence-corrected chi connectivity index (χ2v) is 4.94. The lowest BCUT2D eigenvalue weighted by molar-refractivity contribution is -0.136. The van der Waals surface area contributed by atoms with Gasteiger partial charge in [0.15, 0.2) is 0 Å². The zero-order valence-electron chi connectivity index (χ0n) is 10.4. The van der Waals surface area contributed by atoms with Crippen LogP contribution in [-0.4, -0.2) is 13.1 Å². The van der Waals surface area contributed by atoms with Crippen LogP contribution in [0.25, 0.3) is 0 Å². The molecule has 2 nitrogen and oxygen atoms in total.